The van der Waals surface area contributed by atoms with Crippen LogP contribution in [0.5, 0.6) is 0 Å². The minimum absolute atomic E-state index is 0.139. The van der Waals surface area contributed by atoms with Crippen molar-refractivity contribution in [1.29, 1.82) is 0 Å². The van der Waals surface area contributed by atoms with Crippen LogP contribution in [0.1, 0.15) is 45.3 Å². The second-order valence-electron chi connectivity index (χ2n) is 4.13. The Morgan fingerprint density at radius 1 is 1.44 bits per heavy atom. The van der Waals surface area contributed by atoms with Crippen molar-refractivity contribution in [2.75, 3.05) is 17.0 Å². The first-order valence-corrected chi connectivity index (χ1v) is 8.71. The Labute approximate surface area is 113 Å². The van der Waals surface area contributed by atoms with E-state index in [1.165, 1.54) is 11.3 Å². The molecule has 0 radical (unpaired) electrons. The van der Waals surface area contributed by atoms with Crippen molar-refractivity contribution in [3.8, 4) is 0 Å². The molecule has 0 aliphatic rings. The Balaban J connectivity index is 2.63. The summed E-state index contributed by atoms with van der Waals surface area (Å²) in [5.74, 6) is 0.154. The van der Waals surface area contributed by atoms with Crippen LogP contribution >= 0.6 is 11.3 Å². The van der Waals surface area contributed by atoms with Crippen LogP contribution in [-0.4, -0.2) is 25.7 Å². The van der Waals surface area contributed by atoms with Crippen molar-refractivity contribution in [3.05, 3.63) is 11.1 Å². The molecule has 7 heteroatoms. The molecule has 1 unspecified atom stereocenters. The first kappa shape index (κ1) is 15.4. The standard InChI is InChI=1S/C11H21N3O2S2/c1-4-6-7-18(15,16)14-11-13-10(8-17-11)9(3)12-5-2/h8-9,12H,4-7H2,1-3H3,(H,13,14). The number of rotatable bonds is 8. The quantitative estimate of drug-likeness (QED) is 0.771. The third kappa shape index (κ3) is 4.91. The van der Waals surface area contributed by atoms with E-state index in [1.807, 2.05) is 26.2 Å². The van der Waals surface area contributed by atoms with Crippen LogP contribution in [0, 0.1) is 0 Å². The highest BCUT2D eigenvalue weighted by molar-refractivity contribution is 7.92. The number of unbranched alkanes of at least 4 members (excludes halogenated alkanes) is 1. The number of anilines is 1. The van der Waals surface area contributed by atoms with Gasteiger partial charge in [0, 0.05) is 11.4 Å². The van der Waals surface area contributed by atoms with Gasteiger partial charge in [0.05, 0.1) is 11.4 Å². The highest BCUT2D eigenvalue weighted by Crippen LogP contribution is 2.21. The minimum atomic E-state index is -3.24. The van der Waals surface area contributed by atoms with Gasteiger partial charge in [0.1, 0.15) is 0 Å². The minimum Gasteiger partial charge on any atom is -0.309 e. The van der Waals surface area contributed by atoms with Crippen molar-refractivity contribution in [3.63, 3.8) is 0 Å². The van der Waals surface area contributed by atoms with Gasteiger partial charge in [-0.25, -0.2) is 13.4 Å². The Morgan fingerprint density at radius 2 is 2.17 bits per heavy atom. The monoisotopic (exact) mass is 291 g/mol. The fraction of sp³-hybridized carbons (Fsp3) is 0.727. The lowest BCUT2D eigenvalue weighted by Gasteiger charge is -2.08. The van der Waals surface area contributed by atoms with Crippen LogP contribution in [0.4, 0.5) is 5.13 Å². The molecule has 1 aromatic rings. The predicted octanol–water partition coefficient (Wildman–Crippen LogP) is 2.36. The second-order valence-corrected chi connectivity index (χ2v) is 6.83. The topological polar surface area (TPSA) is 71.1 Å². The highest BCUT2D eigenvalue weighted by Gasteiger charge is 2.14. The molecule has 0 bridgehead atoms. The number of hydrogen-bond donors (Lipinski definition) is 2. The van der Waals surface area contributed by atoms with E-state index in [4.69, 9.17) is 0 Å². The van der Waals surface area contributed by atoms with Gasteiger partial charge < -0.3 is 5.32 Å². The smallest absolute Gasteiger partial charge is 0.234 e. The van der Waals surface area contributed by atoms with Crippen LogP contribution in [0.2, 0.25) is 0 Å². The van der Waals surface area contributed by atoms with E-state index < -0.39 is 10.0 Å². The Bertz CT molecular complexity index is 457. The summed E-state index contributed by atoms with van der Waals surface area (Å²) in [6, 6.07) is 0.139. The SMILES string of the molecule is CCCCS(=O)(=O)Nc1nc(C(C)NCC)cs1. The Morgan fingerprint density at radius 3 is 2.78 bits per heavy atom. The molecule has 0 fully saturated rings. The van der Waals surface area contributed by atoms with E-state index in [1.54, 1.807) is 0 Å². The molecule has 1 heterocycles. The molecular weight excluding hydrogens is 270 g/mol. The zero-order chi connectivity index (χ0) is 13.6. The number of nitrogens with zero attached hydrogens (tertiary/aromatic N) is 1. The molecule has 18 heavy (non-hydrogen) atoms. The molecule has 0 aromatic carbocycles. The van der Waals surface area contributed by atoms with Gasteiger partial charge in [-0.15, -0.1) is 11.3 Å². The third-order valence-electron chi connectivity index (χ3n) is 2.49. The average molecular weight is 291 g/mol. The van der Waals surface area contributed by atoms with Crippen molar-refractivity contribution >= 4 is 26.5 Å². The molecule has 2 N–H and O–H groups in total. The summed E-state index contributed by atoms with van der Waals surface area (Å²) in [4.78, 5) is 4.29. The van der Waals surface area contributed by atoms with Crippen LogP contribution in [0.3, 0.4) is 0 Å². The summed E-state index contributed by atoms with van der Waals surface area (Å²) in [5, 5.41) is 5.57. The Hall–Kier alpha value is -0.660. The summed E-state index contributed by atoms with van der Waals surface area (Å²) in [5.41, 5.74) is 0.870. The lowest BCUT2D eigenvalue weighted by molar-refractivity contribution is 0.586. The summed E-state index contributed by atoms with van der Waals surface area (Å²) < 4.78 is 25.9. The molecule has 0 saturated carbocycles. The molecule has 1 rings (SSSR count). The van der Waals surface area contributed by atoms with Crippen LogP contribution in [-0.2, 0) is 10.0 Å². The maximum atomic E-state index is 11.7. The van der Waals surface area contributed by atoms with Gasteiger partial charge in [-0.2, -0.15) is 0 Å². The first-order chi connectivity index (χ1) is 8.48. The zero-order valence-corrected chi connectivity index (χ0v) is 12.7. The van der Waals surface area contributed by atoms with Gasteiger partial charge in [-0.1, -0.05) is 20.3 Å². The number of hydrogen-bond acceptors (Lipinski definition) is 5. The molecular formula is C11H21N3O2S2. The maximum Gasteiger partial charge on any atom is 0.234 e. The molecule has 0 aliphatic carbocycles. The van der Waals surface area contributed by atoms with Crippen LogP contribution < -0.4 is 10.0 Å². The average Bonchev–Trinajstić information content (AvgIpc) is 2.74. The lowest BCUT2D eigenvalue weighted by atomic mass is 10.3. The molecule has 0 aliphatic heterocycles. The molecule has 1 aromatic heterocycles. The fourth-order valence-corrected chi connectivity index (χ4v) is 3.76. The summed E-state index contributed by atoms with van der Waals surface area (Å²) >= 11 is 1.32. The van der Waals surface area contributed by atoms with Gasteiger partial charge in [0.2, 0.25) is 10.0 Å². The van der Waals surface area contributed by atoms with Crippen molar-refractivity contribution < 1.29 is 8.42 Å². The van der Waals surface area contributed by atoms with E-state index >= 15 is 0 Å². The molecule has 0 amide bonds. The molecule has 0 spiro atoms. The zero-order valence-electron chi connectivity index (χ0n) is 11.1. The number of nitrogens with one attached hydrogen (secondary N) is 2. The fourth-order valence-electron chi connectivity index (χ4n) is 1.46. The van der Waals surface area contributed by atoms with E-state index in [0.717, 1.165) is 18.7 Å². The summed E-state index contributed by atoms with van der Waals surface area (Å²) in [6.07, 6.45) is 1.53. The Kier molecular flexibility index (Phi) is 6.04. The second kappa shape index (κ2) is 7.06. The maximum absolute atomic E-state index is 11.7. The van der Waals surface area contributed by atoms with E-state index in [9.17, 15) is 8.42 Å². The van der Waals surface area contributed by atoms with E-state index in [0.29, 0.717) is 11.6 Å². The van der Waals surface area contributed by atoms with Crippen molar-refractivity contribution in [2.24, 2.45) is 0 Å². The van der Waals surface area contributed by atoms with E-state index in [-0.39, 0.29) is 11.8 Å². The van der Waals surface area contributed by atoms with Crippen LogP contribution in [0.15, 0.2) is 5.38 Å². The largest absolute Gasteiger partial charge is 0.309 e. The predicted molar refractivity (Wildman–Crippen MR) is 76.5 cm³/mol. The molecule has 104 valence electrons. The van der Waals surface area contributed by atoms with Crippen LogP contribution in [0.25, 0.3) is 0 Å². The normalized spacial score (nSPS) is 13.5. The molecule has 1 atom stereocenters. The van der Waals surface area contributed by atoms with Crippen molar-refractivity contribution in [1.82, 2.24) is 10.3 Å². The number of thiazole rings is 1. The van der Waals surface area contributed by atoms with E-state index in [2.05, 4.69) is 15.0 Å². The number of sulfonamides is 1. The summed E-state index contributed by atoms with van der Waals surface area (Å²) in [6.45, 7) is 6.86. The van der Waals surface area contributed by atoms with Gasteiger partial charge >= 0.3 is 0 Å². The first-order valence-electron chi connectivity index (χ1n) is 6.17. The van der Waals surface area contributed by atoms with Gasteiger partial charge in [-0.05, 0) is 19.9 Å². The molecule has 0 saturated heterocycles. The van der Waals surface area contributed by atoms with Gasteiger partial charge in [-0.3, -0.25) is 4.72 Å². The van der Waals surface area contributed by atoms with Gasteiger partial charge in [0.25, 0.3) is 0 Å². The lowest BCUT2D eigenvalue weighted by Crippen LogP contribution is -2.19. The third-order valence-corrected chi connectivity index (χ3v) is 4.72. The summed E-state index contributed by atoms with van der Waals surface area (Å²) in [7, 11) is -3.24. The van der Waals surface area contributed by atoms with Gasteiger partial charge in [0.15, 0.2) is 5.13 Å². The molecule has 5 nitrogen and oxygen atoms in total. The number of aromatic nitrogens is 1. The highest BCUT2D eigenvalue weighted by atomic mass is 32.2. The van der Waals surface area contributed by atoms with Crippen molar-refractivity contribution in [2.45, 2.75) is 39.7 Å².